The predicted molar refractivity (Wildman–Crippen MR) is 84.5 cm³/mol. The highest BCUT2D eigenvalue weighted by atomic mass is 32.1. The normalized spacial score (nSPS) is 11.5. The molecule has 0 aliphatic heterocycles. The summed E-state index contributed by atoms with van der Waals surface area (Å²) in [5.41, 5.74) is 6.94. The van der Waals surface area contributed by atoms with Gasteiger partial charge in [-0.15, -0.1) is 0 Å². The second-order valence-electron chi connectivity index (χ2n) is 4.35. The fourth-order valence-electron chi connectivity index (χ4n) is 1.80. The van der Waals surface area contributed by atoms with Crippen LogP contribution in [0, 0.1) is 5.82 Å². The smallest absolute Gasteiger partial charge is 0.320 e. The van der Waals surface area contributed by atoms with E-state index in [2.05, 4.69) is 10.6 Å². The average molecular weight is 303 g/mol. The Hall–Kier alpha value is -2.47. The zero-order valence-electron chi connectivity index (χ0n) is 11.0. The van der Waals surface area contributed by atoms with Crippen LogP contribution in [0.3, 0.4) is 0 Å². The van der Waals surface area contributed by atoms with Crippen LogP contribution in [0.5, 0.6) is 0 Å². The van der Waals surface area contributed by atoms with Crippen molar-refractivity contribution in [1.82, 2.24) is 5.32 Å². The second-order valence-corrected chi connectivity index (χ2v) is 4.82. The number of nitrogens with one attached hydrogen (secondary N) is 2. The van der Waals surface area contributed by atoms with Crippen molar-refractivity contribution in [2.75, 3.05) is 5.32 Å². The van der Waals surface area contributed by atoms with E-state index in [-0.39, 0.29) is 10.8 Å². The van der Waals surface area contributed by atoms with Crippen molar-refractivity contribution < 1.29 is 9.18 Å². The molecule has 0 aliphatic carbocycles. The highest BCUT2D eigenvalue weighted by molar-refractivity contribution is 7.80. The van der Waals surface area contributed by atoms with Crippen LogP contribution in [-0.2, 0) is 0 Å². The standard InChI is InChI=1S/C15H14FN3OS/c16-11-6-8-12(9-7-11)18-15(20)19-13(14(17)21)10-4-2-1-3-5-10/h1-9,13H,(H2,17,21)(H2,18,19,20). The van der Waals surface area contributed by atoms with Crippen LogP contribution in [0.4, 0.5) is 14.9 Å². The number of halogens is 1. The van der Waals surface area contributed by atoms with E-state index >= 15 is 0 Å². The minimum absolute atomic E-state index is 0.162. The van der Waals surface area contributed by atoms with Crippen LogP contribution in [0.15, 0.2) is 54.6 Å². The van der Waals surface area contributed by atoms with Crippen LogP contribution in [0.25, 0.3) is 0 Å². The van der Waals surface area contributed by atoms with Gasteiger partial charge in [-0.2, -0.15) is 0 Å². The molecule has 1 atom stereocenters. The lowest BCUT2D eigenvalue weighted by molar-refractivity contribution is 0.251. The van der Waals surface area contributed by atoms with Gasteiger partial charge in [0.25, 0.3) is 0 Å². The number of amides is 2. The fourth-order valence-corrected chi connectivity index (χ4v) is 1.99. The molecule has 0 bridgehead atoms. The van der Waals surface area contributed by atoms with Crippen LogP contribution in [0.2, 0.25) is 0 Å². The Kier molecular flexibility index (Phi) is 4.84. The quantitative estimate of drug-likeness (QED) is 0.761. The first-order chi connectivity index (χ1) is 10.1. The van der Waals surface area contributed by atoms with Crippen molar-refractivity contribution >= 4 is 28.9 Å². The monoisotopic (exact) mass is 303 g/mol. The summed E-state index contributed by atoms with van der Waals surface area (Å²) in [4.78, 5) is 12.1. The molecule has 0 fully saturated rings. The number of urea groups is 1. The summed E-state index contributed by atoms with van der Waals surface area (Å²) in [6.45, 7) is 0. The summed E-state index contributed by atoms with van der Waals surface area (Å²) < 4.78 is 12.8. The van der Waals surface area contributed by atoms with Crippen molar-refractivity contribution in [2.24, 2.45) is 5.73 Å². The van der Waals surface area contributed by atoms with E-state index in [1.54, 1.807) is 0 Å². The number of hydrogen-bond acceptors (Lipinski definition) is 2. The third-order valence-electron chi connectivity index (χ3n) is 2.79. The Morgan fingerprint density at radius 1 is 1.10 bits per heavy atom. The molecule has 0 saturated carbocycles. The van der Waals surface area contributed by atoms with Gasteiger partial charge in [0.1, 0.15) is 16.8 Å². The maximum absolute atomic E-state index is 12.8. The van der Waals surface area contributed by atoms with Gasteiger partial charge in [-0.05, 0) is 29.8 Å². The molecule has 2 rings (SSSR count). The van der Waals surface area contributed by atoms with Gasteiger partial charge in [-0.3, -0.25) is 0 Å². The number of carbonyl (C=O) groups excluding carboxylic acids is 1. The van der Waals surface area contributed by atoms with E-state index in [4.69, 9.17) is 18.0 Å². The molecule has 2 amide bonds. The molecule has 2 aromatic carbocycles. The first-order valence-electron chi connectivity index (χ1n) is 6.23. The summed E-state index contributed by atoms with van der Waals surface area (Å²) in [6, 6.07) is 13.6. The molecule has 21 heavy (non-hydrogen) atoms. The highest BCUT2D eigenvalue weighted by Crippen LogP contribution is 2.14. The van der Waals surface area contributed by atoms with Crippen LogP contribution in [-0.4, -0.2) is 11.0 Å². The van der Waals surface area contributed by atoms with Crippen molar-refractivity contribution in [2.45, 2.75) is 6.04 Å². The Labute approximate surface area is 127 Å². The lowest BCUT2D eigenvalue weighted by Crippen LogP contribution is -2.38. The van der Waals surface area contributed by atoms with Crippen molar-refractivity contribution in [3.05, 3.63) is 66.0 Å². The van der Waals surface area contributed by atoms with E-state index in [0.717, 1.165) is 5.56 Å². The van der Waals surface area contributed by atoms with E-state index in [1.165, 1.54) is 24.3 Å². The Morgan fingerprint density at radius 3 is 2.29 bits per heavy atom. The van der Waals surface area contributed by atoms with E-state index in [0.29, 0.717) is 5.69 Å². The molecule has 0 aromatic heterocycles. The molecule has 0 radical (unpaired) electrons. The summed E-state index contributed by atoms with van der Waals surface area (Å²) in [6.07, 6.45) is 0. The van der Waals surface area contributed by atoms with Gasteiger partial charge >= 0.3 is 6.03 Å². The van der Waals surface area contributed by atoms with E-state index in [9.17, 15) is 9.18 Å². The first kappa shape index (κ1) is 14.9. The summed E-state index contributed by atoms with van der Waals surface area (Å²) in [7, 11) is 0. The number of anilines is 1. The third-order valence-corrected chi connectivity index (χ3v) is 3.03. The molecule has 6 heteroatoms. The molecular weight excluding hydrogens is 289 g/mol. The minimum Gasteiger partial charge on any atom is -0.391 e. The number of rotatable bonds is 4. The number of nitrogens with two attached hydrogens (primary N) is 1. The predicted octanol–water partition coefficient (Wildman–Crippen LogP) is 2.97. The van der Waals surface area contributed by atoms with Gasteiger partial charge in [0, 0.05) is 5.69 Å². The topological polar surface area (TPSA) is 67.1 Å². The second kappa shape index (κ2) is 6.81. The zero-order valence-corrected chi connectivity index (χ0v) is 11.9. The molecule has 0 saturated heterocycles. The Balaban J connectivity index is 2.05. The molecular formula is C15H14FN3OS. The minimum atomic E-state index is -0.568. The average Bonchev–Trinajstić information content (AvgIpc) is 2.48. The van der Waals surface area contributed by atoms with Crippen molar-refractivity contribution in [1.29, 1.82) is 0 Å². The van der Waals surface area contributed by atoms with Gasteiger partial charge in [0.15, 0.2) is 0 Å². The van der Waals surface area contributed by atoms with Crippen molar-refractivity contribution in [3.8, 4) is 0 Å². The molecule has 0 heterocycles. The molecule has 0 spiro atoms. The lowest BCUT2D eigenvalue weighted by atomic mass is 10.1. The molecule has 0 aliphatic rings. The Morgan fingerprint density at radius 2 is 1.71 bits per heavy atom. The summed E-state index contributed by atoms with van der Waals surface area (Å²) in [5.74, 6) is -0.369. The molecule has 4 nitrogen and oxygen atoms in total. The van der Waals surface area contributed by atoms with Crippen LogP contribution in [0.1, 0.15) is 11.6 Å². The molecule has 4 N–H and O–H groups in total. The molecule has 2 aromatic rings. The Bertz CT molecular complexity index is 631. The number of hydrogen-bond donors (Lipinski definition) is 3. The van der Waals surface area contributed by atoms with Crippen molar-refractivity contribution in [3.63, 3.8) is 0 Å². The SMILES string of the molecule is NC(=S)C(NC(=O)Nc1ccc(F)cc1)c1ccccc1. The van der Waals surface area contributed by atoms with Crippen LogP contribution < -0.4 is 16.4 Å². The van der Waals surface area contributed by atoms with Gasteiger partial charge < -0.3 is 16.4 Å². The number of benzene rings is 2. The number of thiocarbonyl (C=S) groups is 1. The van der Waals surface area contributed by atoms with Crippen LogP contribution >= 0.6 is 12.2 Å². The van der Waals surface area contributed by atoms with Gasteiger partial charge in [-0.1, -0.05) is 42.5 Å². The zero-order chi connectivity index (χ0) is 15.2. The van der Waals surface area contributed by atoms with Gasteiger partial charge in [0.05, 0.1) is 0 Å². The maximum atomic E-state index is 12.8. The lowest BCUT2D eigenvalue weighted by Gasteiger charge is -2.18. The fraction of sp³-hybridized carbons (Fsp3) is 0.0667. The van der Waals surface area contributed by atoms with E-state index in [1.807, 2.05) is 30.3 Å². The van der Waals surface area contributed by atoms with Gasteiger partial charge in [-0.25, -0.2) is 9.18 Å². The third kappa shape index (κ3) is 4.25. The maximum Gasteiger partial charge on any atom is 0.320 e. The largest absolute Gasteiger partial charge is 0.391 e. The molecule has 1 unspecified atom stereocenters. The molecule has 108 valence electrons. The van der Waals surface area contributed by atoms with E-state index < -0.39 is 12.1 Å². The van der Waals surface area contributed by atoms with Gasteiger partial charge in [0.2, 0.25) is 0 Å². The summed E-state index contributed by atoms with van der Waals surface area (Å²) >= 11 is 4.98. The first-order valence-corrected chi connectivity index (χ1v) is 6.64. The number of carbonyl (C=O) groups is 1. The summed E-state index contributed by atoms with van der Waals surface area (Å²) in [5, 5.41) is 5.28. The highest BCUT2D eigenvalue weighted by Gasteiger charge is 2.17.